The molecule has 0 bridgehead atoms. The van der Waals surface area contributed by atoms with E-state index in [1.54, 1.807) is 4.68 Å². The van der Waals surface area contributed by atoms with Gasteiger partial charge in [-0.25, -0.2) is 0 Å². The lowest BCUT2D eigenvalue weighted by molar-refractivity contribution is -0.0687. The molecule has 0 aromatic carbocycles. The third kappa shape index (κ3) is 3.29. The summed E-state index contributed by atoms with van der Waals surface area (Å²) in [5, 5.41) is 4.32. The standard InChI is InChI=1S/C19H27N5O2/c1-21(2)13-17-18(14-11-20-22(3)12-14)24(9-10-26-17)19(25)16-5-4-8-23(16)15-6-7-15/h4-5,8,11-12,15,17-18H,6-7,9-10,13H2,1-3H3/t17-,18-/m0/s1. The maximum atomic E-state index is 13.4. The van der Waals surface area contributed by atoms with Gasteiger partial charge in [0.1, 0.15) is 5.69 Å². The first-order valence-corrected chi connectivity index (χ1v) is 9.27. The number of aryl methyl sites for hydroxylation is 1. The Morgan fingerprint density at radius 1 is 1.38 bits per heavy atom. The summed E-state index contributed by atoms with van der Waals surface area (Å²) < 4.78 is 10.00. The summed E-state index contributed by atoms with van der Waals surface area (Å²) in [6.45, 7) is 1.91. The second-order valence-electron chi connectivity index (χ2n) is 7.59. The molecule has 7 nitrogen and oxygen atoms in total. The largest absolute Gasteiger partial charge is 0.373 e. The zero-order valence-electron chi connectivity index (χ0n) is 15.7. The molecule has 7 heteroatoms. The van der Waals surface area contributed by atoms with Gasteiger partial charge in [0.25, 0.3) is 5.91 Å². The first-order chi connectivity index (χ1) is 12.5. The van der Waals surface area contributed by atoms with Gasteiger partial charge in [-0.05, 0) is 39.1 Å². The number of morpholine rings is 1. The predicted molar refractivity (Wildman–Crippen MR) is 98.0 cm³/mol. The Balaban J connectivity index is 1.67. The Hall–Kier alpha value is -2.12. The fraction of sp³-hybridized carbons (Fsp3) is 0.579. The van der Waals surface area contributed by atoms with E-state index in [4.69, 9.17) is 4.74 Å². The van der Waals surface area contributed by atoms with Crippen molar-refractivity contribution in [2.24, 2.45) is 7.05 Å². The van der Waals surface area contributed by atoms with Crippen LogP contribution >= 0.6 is 0 Å². The first-order valence-electron chi connectivity index (χ1n) is 9.27. The molecule has 26 heavy (non-hydrogen) atoms. The van der Waals surface area contributed by atoms with E-state index in [9.17, 15) is 4.79 Å². The molecular weight excluding hydrogens is 330 g/mol. The van der Waals surface area contributed by atoms with E-state index in [0.717, 1.165) is 30.6 Å². The highest BCUT2D eigenvalue weighted by Gasteiger charge is 2.39. The second-order valence-corrected chi connectivity index (χ2v) is 7.59. The van der Waals surface area contributed by atoms with Gasteiger partial charge in [0.05, 0.1) is 24.9 Å². The maximum absolute atomic E-state index is 13.4. The van der Waals surface area contributed by atoms with Crippen molar-refractivity contribution in [3.8, 4) is 0 Å². The van der Waals surface area contributed by atoms with Gasteiger partial charge in [-0.1, -0.05) is 0 Å². The van der Waals surface area contributed by atoms with Crippen molar-refractivity contribution in [2.45, 2.75) is 31.0 Å². The van der Waals surface area contributed by atoms with Gasteiger partial charge in [-0.2, -0.15) is 5.10 Å². The van der Waals surface area contributed by atoms with Crippen LogP contribution in [0.1, 0.15) is 41.0 Å². The van der Waals surface area contributed by atoms with Crippen molar-refractivity contribution in [1.29, 1.82) is 0 Å². The molecular formula is C19H27N5O2. The molecule has 4 rings (SSSR count). The molecule has 0 unspecified atom stereocenters. The van der Waals surface area contributed by atoms with Crippen LogP contribution in [-0.4, -0.2) is 70.0 Å². The number of ether oxygens (including phenoxy) is 1. The molecule has 2 fully saturated rings. The number of likely N-dealkylation sites (N-methyl/N-ethyl adjacent to an activating group) is 1. The lowest BCUT2D eigenvalue weighted by atomic mass is 10.00. The fourth-order valence-corrected chi connectivity index (χ4v) is 3.85. The van der Waals surface area contributed by atoms with Crippen LogP contribution in [0.2, 0.25) is 0 Å². The summed E-state index contributed by atoms with van der Waals surface area (Å²) in [4.78, 5) is 17.5. The van der Waals surface area contributed by atoms with E-state index in [0.29, 0.717) is 19.2 Å². The minimum absolute atomic E-state index is 0.0729. The monoisotopic (exact) mass is 357 g/mol. The normalized spacial score (nSPS) is 23.6. The van der Waals surface area contributed by atoms with Crippen molar-refractivity contribution in [2.75, 3.05) is 33.8 Å². The number of hydrogen-bond acceptors (Lipinski definition) is 4. The summed E-state index contributed by atoms with van der Waals surface area (Å²) >= 11 is 0. The highest BCUT2D eigenvalue weighted by molar-refractivity contribution is 5.93. The van der Waals surface area contributed by atoms with E-state index in [-0.39, 0.29) is 18.1 Å². The molecule has 3 heterocycles. The Morgan fingerprint density at radius 3 is 2.85 bits per heavy atom. The molecule has 2 aromatic rings. The summed E-state index contributed by atoms with van der Waals surface area (Å²) in [5.41, 5.74) is 1.81. The number of amides is 1. The van der Waals surface area contributed by atoms with Gasteiger partial charge in [0.15, 0.2) is 0 Å². The Kier molecular flexibility index (Phi) is 4.58. The number of hydrogen-bond donors (Lipinski definition) is 0. The Morgan fingerprint density at radius 2 is 2.19 bits per heavy atom. The van der Waals surface area contributed by atoms with Gasteiger partial charge in [-0.15, -0.1) is 0 Å². The van der Waals surface area contributed by atoms with Crippen LogP contribution in [0.25, 0.3) is 0 Å². The average molecular weight is 357 g/mol. The van der Waals surface area contributed by atoms with E-state index in [2.05, 4.69) is 14.6 Å². The zero-order chi connectivity index (χ0) is 18.3. The molecule has 1 amide bonds. The number of aromatic nitrogens is 3. The van der Waals surface area contributed by atoms with Crippen molar-refractivity contribution in [1.82, 2.24) is 24.1 Å². The van der Waals surface area contributed by atoms with Gasteiger partial charge in [0.2, 0.25) is 0 Å². The minimum Gasteiger partial charge on any atom is -0.373 e. The number of rotatable bonds is 5. The third-order valence-electron chi connectivity index (χ3n) is 5.16. The fourth-order valence-electron chi connectivity index (χ4n) is 3.85. The SMILES string of the molecule is CN(C)C[C@@H]1OCCN(C(=O)c2cccn2C2CC2)[C@H]1c1cnn(C)c1. The summed E-state index contributed by atoms with van der Waals surface area (Å²) in [6, 6.07) is 4.27. The van der Waals surface area contributed by atoms with Gasteiger partial charge in [-0.3, -0.25) is 9.48 Å². The maximum Gasteiger partial charge on any atom is 0.271 e. The number of nitrogens with zero attached hydrogens (tertiary/aromatic N) is 5. The van der Waals surface area contributed by atoms with E-state index in [1.807, 2.05) is 56.8 Å². The molecule has 1 saturated carbocycles. The highest BCUT2D eigenvalue weighted by atomic mass is 16.5. The molecule has 2 aliphatic rings. The van der Waals surface area contributed by atoms with Gasteiger partial charge < -0.3 is 19.1 Å². The van der Waals surface area contributed by atoms with E-state index < -0.39 is 0 Å². The lowest BCUT2D eigenvalue weighted by Crippen LogP contribution is -2.51. The summed E-state index contributed by atoms with van der Waals surface area (Å²) in [5.74, 6) is 0.0859. The molecule has 1 aliphatic heterocycles. The predicted octanol–water partition coefficient (Wildman–Crippen LogP) is 1.70. The minimum atomic E-state index is -0.130. The Bertz CT molecular complexity index is 776. The molecule has 2 aromatic heterocycles. The van der Waals surface area contributed by atoms with E-state index in [1.165, 1.54) is 0 Å². The molecule has 0 spiro atoms. The summed E-state index contributed by atoms with van der Waals surface area (Å²) in [7, 11) is 5.96. The number of carbonyl (C=O) groups excluding carboxylic acids is 1. The molecule has 1 saturated heterocycles. The molecule has 0 radical (unpaired) electrons. The van der Waals surface area contributed by atoms with Crippen LogP contribution in [0, 0.1) is 0 Å². The molecule has 1 aliphatic carbocycles. The Labute approximate surface area is 154 Å². The third-order valence-corrected chi connectivity index (χ3v) is 5.16. The average Bonchev–Trinajstić information content (AvgIpc) is 3.17. The quantitative estimate of drug-likeness (QED) is 0.817. The molecule has 140 valence electrons. The van der Waals surface area contributed by atoms with Crippen LogP contribution in [0.5, 0.6) is 0 Å². The van der Waals surface area contributed by atoms with E-state index >= 15 is 0 Å². The van der Waals surface area contributed by atoms with Crippen molar-refractivity contribution < 1.29 is 9.53 Å². The van der Waals surface area contributed by atoms with Crippen LogP contribution in [-0.2, 0) is 11.8 Å². The smallest absolute Gasteiger partial charge is 0.271 e. The topological polar surface area (TPSA) is 55.5 Å². The van der Waals surface area contributed by atoms with Crippen LogP contribution < -0.4 is 0 Å². The van der Waals surface area contributed by atoms with Gasteiger partial charge in [0, 0.05) is 44.1 Å². The second kappa shape index (κ2) is 6.89. The lowest BCUT2D eigenvalue weighted by Gasteiger charge is -2.41. The van der Waals surface area contributed by atoms with Crippen LogP contribution in [0.3, 0.4) is 0 Å². The highest BCUT2D eigenvalue weighted by Crippen LogP contribution is 2.37. The van der Waals surface area contributed by atoms with Crippen molar-refractivity contribution >= 4 is 5.91 Å². The van der Waals surface area contributed by atoms with Crippen molar-refractivity contribution in [3.05, 3.63) is 42.0 Å². The molecule has 2 atom stereocenters. The number of carbonyl (C=O) groups is 1. The summed E-state index contributed by atoms with van der Waals surface area (Å²) in [6.07, 6.45) is 8.11. The van der Waals surface area contributed by atoms with Crippen molar-refractivity contribution in [3.63, 3.8) is 0 Å². The van der Waals surface area contributed by atoms with Crippen LogP contribution in [0.15, 0.2) is 30.7 Å². The van der Waals surface area contributed by atoms with Crippen LogP contribution in [0.4, 0.5) is 0 Å². The zero-order valence-corrected chi connectivity index (χ0v) is 15.7. The molecule has 0 N–H and O–H groups in total. The van der Waals surface area contributed by atoms with Gasteiger partial charge >= 0.3 is 0 Å². The first kappa shape index (κ1) is 17.3.